The fraction of sp³-hybridized carbons (Fsp3) is 1.00. The van der Waals surface area contributed by atoms with E-state index in [0.717, 1.165) is 0 Å². The molecular formula is C7H17NS. The van der Waals surface area contributed by atoms with Crippen LogP contribution < -0.4 is 5.32 Å². The molecule has 0 aliphatic rings. The molecule has 1 unspecified atom stereocenters. The van der Waals surface area contributed by atoms with Gasteiger partial charge in [-0.2, -0.15) is 0 Å². The summed E-state index contributed by atoms with van der Waals surface area (Å²) in [5, 5.41) is 3.92. The Morgan fingerprint density at radius 1 is 1.56 bits per heavy atom. The van der Waals surface area contributed by atoms with Gasteiger partial charge in [-0.25, -0.2) is 0 Å². The summed E-state index contributed by atoms with van der Waals surface area (Å²) in [4.78, 5) is 0. The van der Waals surface area contributed by atoms with E-state index in [9.17, 15) is 0 Å². The van der Waals surface area contributed by atoms with Gasteiger partial charge < -0.3 is 5.32 Å². The lowest BCUT2D eigenvalue weighted by Crippen LogP contribution is -2.20. The predicted octanol–water partition coefficient (Wildman–Crippen LogP) is 2.09. The van der Waals surface area contributed by atoms with Crippen LogP contribution in [-0.2, 0) is 0 Å². The third-order valence-electron chi connectivity index (χ3n) is 1.43. The quantitative estimate of drug-likeness (QED) is 0.598. The molecular weight excluding hydrogens is 130 g/mol. The van der Waals surface area contributed by atoms with Crippen molar-refractivity contribution in [3.63, 3.8) is 0 Å². The van der Waals surface area contributed by atoms with Crippen LogP contribution in [0.2, 0.25) is 0 Å². The van der Waals surface area contributed by atoms with Gasteiger partial charge in [-0.3, -0.25) is 0 Å². The number of nitrogens with one attached hydrogen (secondary N) is 1. The molecule has 0 aromatic heterocycles. The Labute approximate surface area is 62.6 Å². The minimum atomic E-state index is 0.671. The summed E-state index contributed by atoms with van der Waals surface area (Å²) >= 11 is 1.90. The maximum Gasteiger partial charge on any atom is 0.0526 e. The fourth-order valence-electron chi connectivity index (χ4n) is 0.770. The molecule has 0 aliphatic heterocycles. The third kappa shape index (κ3) is 4.79. The lowest BCUT2D eigenvalue weighted by atomic mass is 10.2. The topological polar surface area (TPSA) is 12.0 Å². The minimum absolute atomic E-state index is 0.671. The first-order valence-electron chi connectivity index (χ1n) is 3.55. The van der Waals surface area contributed by atoms with Crippen molar-refractivity contribution >= 4 is 11.8 Å². The van der Waals surface area contributed by atoms with Crippen molar-refractivity contribution in [1.82, 2.24) is 5.32 Å². The van der Waals surface area contributed by atoms with Crippen molar-refractivity contribution in [3.8, 4) is 0 Å². The molecule has 1 N–H and O–H groups in total. The first kappa shape index (κ1) is 9.31. The summed E-state index contributed by atoms with van der Waals surface area (Å²) in [6, 6.07) is 0. The van der Waals surface area contributed by atoms with E-state index in [2.05, 4.69) is 18.5 Å². The smallest absolute Gasteiger partial charge is 0.0526 e. The standard InChI is InChI=1S/C7H17NS/c1-4-5-6-7(8-2)9-3/h7-8H,4-6H2,1-3H3. The number of hydrogen-bond donors (Lipinski definition) is 1. The van der Waals surface area contributed by atoms with Gasteiger partial charge in [0.25, 0.3) is 0 Å². The van der Waals surface area contributed by atoms with Crippen LogP contribution in [0.4, 0.5) is 0 Å². The van der Waals surface area contributed by atoms with Gasteiger partial charge in [0.05, 0.1) is 5.37 Å². The molecule has 1 nitrogen and oxygen atoms in total. The third-order valence-corrected chi connectivity index (χ3v) is 2.47. The zero-order valence-electron chi connectivity index (χ0n) is 6.61. The van der Waals surface area contributed by atoms with Gasteiger partial charge in [0, 0.05) is 0 Å². The van der Waals surface area contributed by atoms with E-state index in [1.165, 1.54) is 19.3 Å². The van der Waals surface area contributed by atoms with Crippen LogP contribution in [0.3, 0.4) is 0 Å². The van der Waals surface area contributed by atoms with Crippen molar-refractivity contribution in [3.05, 3.63) is 0 Å². The van der Waals surface area contributed by atoms with Gasteiger partial charge >= 0.3 is 0 Å². The Morgan fingerprint density at radius 3 is 2.56 bits per heavy atom. The highest BCUT2D eigenvalue weighted by molar-refractivity contribution is 7.99. The van der Waals surface area contributed by atoms with Gasteiger partial charge in [0.15, 0.2) is 0 Å². The van der Waals surface area contributed by atoms with Crippen molar-refractivity contribution in [2.45, 2.75) is 31.6 Å². The lowest BCUT2D eigenvalue weighted by molar-refractivity contribution is 0.631. The Balaban J connectivity index is 3.09. The van der Waals surface area contributed by atoms with E-state index in [1.807, 2.05) is 18.8 Å². The average Bonchev–Trinajstić information content (AvgIpc) is 1.91. The minimum Gasteiger partial charge on any atom is -0.308 e. The molecule has 0 heterocycles. The van der Waals surface area contributed by atoms with E-state index in [4.69, 9.17) is 0 Å². The van der Waals surface area contributed by atoms with Crippen LogP contribution in [0.1, 0.15) is 26.2 Å². The monoisotopic (exact) mass is 147 g/mol. The first-order valence-corrected chi connectivity index (χ1v) is 4.84. The zero-order chi connectivity index (χ0) is 7.11. The average molecular weight is 147 g/mol. The molecule has 2 heteroatoms. The number of hydrogen-bond acceptors (Lipinski definition) is 2. The molecule has 0 saturated carbocycles. The van der Waals surface area contributed by atoms with Crippen LogP contribution in [0.15, 0.2) is 0 Å². The van der Waals surface area contributed by atoms with Crippen LogP contribution in [0.5, 0.6) is 0 Å². The SMILES string of the molecule is CCCCC(NC)SC. The zero-order valence-corrected chi connectivity index (χ0v) is 7.42. The Kier molecular flexibility index (Phi) is 6.65. The summed E-state index contributed by atoms with van der Waals surface area (Å²) in [5.41, 5.74) is 0. The molecule has 56 valence electrons. The summed E-state index contributed by atoms with van der Waals surface area (Å²) < 4.78 is 0. The highest BCUT2D eigenvalue weighted by atomic mass is 32.2. The molecule has 0 aliphatic carbocycles. The molecule has 0 saturated heterocycles. The van der Waals surface area contributed by atoms with E-state index in [1.54, 1.807) is 0 Å². The Morgan fingerprint density at radius 2 is 2.22 bits per heavy atom. The molecule has 0 amide bonds. The molecule has 0 aromatic rings. The van der Waals surface area contributed by atoms with Crippen LogP contribution in [0, 0.1) is 0 Å². The van der Waals surface area contributed by atoms with Gasteiger partial charge in [-0.05, 0) is 19.7 Å². The largest absolute Gasteiger partial charge is 0.308 e. The van der Waals surface area contributed by atoms with Crippen molar-refractivity contribution in [1.29, 1.82) is 0 Å². The number of rotatable bonds is 5. The van der Waals surface area contributed by atoms with Crippen molar-refractivity contribution in [2.75, 3.05) is 13.3 Å². The van der Waals surface area contributed by atoms with Crippen LogP contribution in [-0.4, -0.2) is 18.7 Å². The highest BCUT2D eigenvalue weighted by Crippen LogP contribution is 2.09. The summed E-state index contributed by atoms with van der Waals surface area (Å²) in [6.45, 7) is 2.23. The molecule has 9 heavy (non-hydrogen) atoms. The summed E-state index contributed by atoms with van der Waals surface area (Å²) in [5.74, 6) is 0. The lowest BCUT2D eigenvalue weighted by Gasteiger charge is -2.11. The maximum absolute atomic E-state index is 3.25. The van der Waals surface area contributed by atoms with Crippen molar-refractivity contribution in [2.24, 2.45) is 0 Å². The molecule has 0 radical (unpaired) electrons. The van der Waals surface area contributed by atoms with Gasteiger partial charge in [0.1, 0.15) is 0 Å². The normalized spacial score (nSPS) is 13.7. The molecule has 0 bridgehead atoms. The molecule has 0 aromatic carbocycles. The second-order valence-electron chi connectivity index (χ2n) is 2.16. The first-order chi connectivity index (χ1) is 4.35. The van der Waals surface area contributed by atoms with Gasteiger partial charge in [0.2, 0.25) is 0 Å². The molecule has 1 atom stereocenters. The Bertz CT molecular complexity index is 52.9. The molecule has 0 rings (SSSR count). The fourth-order valence-corrected chi connectivity index (χ4v) is 1.41. The maximum atomic E-state index is 3.25. The summed E-state index contributed by atoms with van der Waals surface area (Å²) in [7, 11) is 2.02. The molecule has 0 fully saturated rings. The summed E-state index contributed by atoms with van der Waals surface area (Å²) in [6.07, 6.45) is 6.09. The number of thioether (sulfide) groups is 1. The van der Waals surface area contributed by atoms with Crippen LogP contribution in [0.25, 0.3) is 0 Å². The molecule has 0 spiro atoms. The second-order valence-corrected chi connectivity index (χ2v) is 3.20. The predicted molar refractivity (Wildman–Crippen MR) is 45.9 cm³/mol. The Hall–Kier alpha value is 0.310. The van der Waals surface area contributed by atoms with Crippen LogP contribution >= 0.6 is 11.8 Å². The van der Waals surface area contributed by atoms with Crippen molar-refractivity contribution < 1.29 is 0 Å². The van der Waals surface area contributed by atoms with E-state index < -0.39 is 0 Å². The van der Waals surface area contributed by atoms with E-state index in [0.29, 0.717) is 5.37 Å². The van der Waals surface area contributed by atoms with Gasteiger partial charge in [-0.1, -0.05) is 19.8 Å². The van der Waals surface area contributed by atoms with E-state index >= 15 is 0 Å². The highest BCUT2D eigenvalue weighted by Gasteiger charge is 1.99. The van der Waals surface area contributed by atoms with Gasteiger partial charge in [-0.15, -0.1) is 11.8 Å². The van der Waals surface area contributed by atoms with E-state index in [-0.39, 0.29) is 0 Å². The number of unbranched alkanes of at least 4 members (excludes halogenated alkanes) is 1. The second kappa shape index (κ2) is 6.43.